The van der Waals surface area contributed by atoms with Crippen LogP contribution in [0.5, 0.6) is 0 Å². The number of aliphatic carboxylic acids is 1. The molecule has 1 atom stereocenters. The van der Waals surface area contributed by atoms with Gasteiger partial charge in [-0.1, -0.05) is 31.2 Å². The normalized spacial score (nSPS) is 12.3. The van der Waals surface area contributed by atoms with Gasteiger partial charge in [0.2, 0.25) is 5.91 Å². The van der Waals surface area contributed by atoms with Crippen molar-refractivity contribution in [2.24, 2.45) is 5.92 Å². The summed E-state index contributed by atoms with van der Waals surface area (Å²) in [4.78, 5) is 35.6. The number of carboxylic acids is 1. The van der Waals surface area contributed by atoms with Crippen LogP contribution in [0.1, 0.15) is 32.7 Å². The summed E-state index contributed by atoms with van der Waals surface area (Å²) in [5, 5.41) is 19.5. The second-order valence-corrected chi connectivity index (χ2v) is 5.94. The highest BCUT2D eigenvalue weighted by Gasteiger charge is 2.25. The Morgan fingerprint density at radius 1 is 1.29 bits per heavy atom. The van der Waals surface area contributed by atoms with Gasteiger partial charge in [0, 0.05) is 6.54 Å². The number of hydrogen-bond donors (Lipinski definition) is 2. The summed E-state index contributed by atoms with van der Waals surface area (Å²) in [6, 6.07) is 5.96. The molecule has 1 heterocycles. The molecule has 0 spiro atoms. The molecule has 2 aromatic rings. The lowest BCUT2D eigenvalue weighted by atomic mass is 10.0. The SMILES string of the molecule is CC(C)C[C@H](C(=O)NCCC(=O)O)n1nnc2ccccc2c1=O. The third-order valence-electron chi connectivity index (χ3n) is 3.52. The van der Waals surface area contributed by atoms with Crippen LogP contribution in [0, 0.1) is 5.92 Å². The van der Waals surface area contributed by atoms with E-state index in [4.69, 9.17) is 5.11 Å². The average molecular weight is 332 g/mol. The lowest BCUT2D eigenvalue weighted by Crippen LogP contribution is -2.40. The van der Waals surface area contributed by atoms with Gasteiger partial charge in [-0.3, -0.25) is 14.4 Å². The molecule has 0 aliphatic rings. The van der Waals surface area contributed by atoms with Crippen LogP contribution in [0.15, 0.2) is 29.1 Å². The van der Waals surface area contributed by atoms with Crippen molar-refractivity contribution >= 4 is 22.8 Å². The first kappa shape index (κ1) is 17.6. The predicted molar refractivity (Wildman–Crippen MR) is 87.6 cm³/mol. The lowest BCUT2D eigenvalue weighted by molar-refractivity contribution is -0.137. The Balaban J connectivity index is 2.34. The molecule has 2 rings (SSSR count). The van der Waals surface area contributed by atoms with E-state index in [1.807, 2.05) is 13.8 Å². The molecule has 8 nitrogen and oxygen atoms in total. The second kappa shape index (κ2) is 7.67. The lowest BCUT2D eigenvalue weighted by Gasteiger charge is -2.19. The molecule has 0 fully saturated rings. The van der Waals surface area contributed by atoms with Crippen LogP contribution in [0.3, 0.4) is 0 Å². The first-order valence-electron chi connectivity index (χ1n) is 7.74. The van der Waals surface area contributed by atoms with Crippen LogP contribution < -0.4 is 10.9 Å². The minimum Gasteiger partial charge on any atom is -0.481 e. The van der Waals surface area contributed by atoms with Crippen LogP contribution in [0.25, 0.3) is 10.9 Å². The van der Waals surface area contributed by atoms with Gasteiger partial charge in [0.05, 0.1) is 11.8 Å². The second-order valence-electron chi connectivity index (χ2n) is 5.94. The van der Waals surface area contributed by atoms with E-state index >= 15 is 0 Å². The van der Waals surface area contributed by atoms with Crippen molar-refractivity contribution in [2.75, 3.05) is 6.54 Å². The molecule has 0 aliphatic heterocycles. The third-order valence-corrected chi connectivity index (χ3v) is 3.52. The van der Waals surface area contributed by atoms with Crippen molar-refractivity contribution in [3.8, 4) is 0 Å². The van der Waals surface area contributed by atoms with Crippen LogP contribution in [-0.2, 0) is 9.59 Å². The zero-order valence-corrected chi connectivity index (χ0v) is 13.6. The van der Waals surface area contributed by atoms with Gasteiger partial charge >= 0.3 is 5.97 Å². The van der Waals surface area contributed by atoms with E-state index < -0.39 is 17.9 Å². The van der Waals surface area contributed by atoms with E-state index in [1.165, 1.54) is 0 Å². The zero-order chi connectivity index (χ0) is 17.7. The summed E-state index contributed by atoms with van der Waals surface area (Å²) in [6.07, 6.45) is 0.213. The number of carboxylic acid groups (broad SMARTS) is 1. The molecule has 0 aliphatic carbocycles. The Morgan fingerprint density at radius 3 is 2.67 bits per heavy atom. The highest BCUT2D eigenvalue weighted by molar-refractivity contribution is 5.81. The van der Waals surface area contributed by atoms with Crippen molar-refractivity contribution in [2.45, 2.75) is 32.7 Å². The Labute approximate surface area is 138 Å². The Kier molecular flexibility index (Phi) is 5.62. The maximum atomic E-state index is 12.6. The van der Waals surface area contributed by atoms with Gasteiger partial charge in [0.15, 0.2) is 0 Å². The molecule has 128 valence electrons. The Morgan fingerprint density at radius 2 is 2.00 bits per heavy atom. The van der Waals surface area contributed by atoms with E-state index in [0.29, 0.717) is 17.3 Å². The molecule has 0 unspecified atom stereocenters. The minimum atomic E-state index is -1.00. The molecular weight excluding hydrogens is 312 g/mol. The van der Waals surface area contributed by atoms with E-state index in [-0.39, 0.29) is 24.4 Å². The van der Waals surface area contributed by atoms with Crippen molar-refractivity contribution < 1.29 is 14.7 Å². The number of amides is 1. The highest BCUT2D eigenvalue weighted by atomic mass is 16.4. The maximum absolute atomic E-state index is 12.6. The number of nitrogens with zero attached hydrogens (tertiary/aromatic N) is 3. The number of nitrogens with one attached hydrogen (secondary N) is 1. The highest BCUT2D eigenvalue weighted by Crippen LogP contribution is 2.16. The molecule has 1 amide bonds. The van der Waals surface area contributed by atoms with Crippen LogP contribution in [0.2, 0.25) is 0 Å². The fraction of sp³-hybridized carbons (Fsp3) is 0.438. The maximum Gasteiger partial charge on any atom is 0.305 e. The quantitative estimate of drug-likeness (QED) is 0.781. The van der Waals surface area contributed by atoms with Crippen LogP contribution in [0.4, 0.5) is 0 Å². The van der Waals surface area contributed by atoms with Crippen LogP contribution in [-0.4, -0.2) is 38.5 Å². The fourth-order valence-electron chi connectivity index (χ4n) is 2.38. The van der Waals surface area contributed by atoms with Crippen molar-refractivity contribution in [3.05, 3.63) is 34.6 Å². The standard InChI is InChI=1S/C16H20N4O4/c1-10(2)9-13(15(23)17-8-7-14(21)22)20-16(24)11-5-3-4-6-12(11)18-19-20/h3-6,10,13H,7-9H2,1-2H3,(H,17,23)(H,21,22)/t13-/m1/s1. The summed E-state index contributed by atoms with van der Waals surface area (Å²) >= 11 is 0. The van der Waals surface area contributed by atoms with E-state index in [0.717, 1.165) is 4.68 Å². The summed E-state index contributed by atoms with van der Waals surface area (Å²) in [5.41, 5.74) is 0.0768. The zero-order valence-electron chi connectivity index (χ0n) is 13.6. The smallest absolute Gasteiger partial charge is 0.305 e. The first-order valence-corrected chi connectivity index (χ1v) is 7.74. The van der Waals surface area contributed by atoms with E-state index in [9.17, 15) is 14.4 Å². The number of rotatable bonds is 7. The number of carbonyl (C=O) groups is 2. The summed E-state index contributed by atoms with van der Waals surface area (Å²) in [7, 11) is 0. The molecule has 0 radical (unpaired) electrons. The number of benzene rings is 1. The summed E-state index contributed by atoms with van der Waals surface area (Å²) < 4.78 is 1.08. The molecule has 0 saturated carbocycles. The number of carbonyl (C=O) groups excluding carboxylic acids is 1. The summed E-state index contributed by atoms with van der Waals surface area (Å²) in [5.74, 6) is -1.30. The fourth-order valence-corrected chi connectivity index (χ4v) is 2.38. The van der Waals surface area contributed by atoms with Gasteiger partial charge < -0.3 is 10.4 Å². The largest absolute Gasteiger partial charge is 0.481 e. The molecule has 1 aromatic carbocycles. The third kappa shape index (κ3) is 4.15. The van der Waals surface area contributed by atoms with Crippen molar-refractivity contribution in [3.63, 3.8) is 0 Å². The monoisotopic (exact) mass is 332 g/mol. The Hall–Kier alpha value is -2.77. The van der Waals surface area contributed by atoms with Crippen molar-refractivity contribution in [1.29, 1.82) is 0 Å². The number of aromatic nitrogens is 3. The first-order chi connectivity index (χ1) is 11.4. The molecular formula is C16H20N4O4. The van der Waals surface area contributed by atoms with Gasteiger partial charge in [-0.2, -0.15) is 4.68 Å². The molecule has 0 saturated heterocycles. The van der Waals surface area contributed by atoms with Gasteiger partial charge in [-0.25, -0.2) is 0 Å². The topological polar surface area (TPSA) is 114 Å². The number of hydrogen-bond acceptors (Lipinski definition) is 5. The molecule has 24 heavy (non-hydrogen) atoms. The van der Waals surface area contributed by atoms with E-state index in [1.54, 1.807) is 24.3 Å². The van der Waals surface area contributed by atoms with Gasteiger partial charge in [0.1, 0.15) is 11.6 Å². The number of fused-ring (bicyclic) bond motifs is 1. The minimum absolute atomic E-state index is 0.00147. The van der Waals surface area contributed by atoms with Crippen molar-refractivity contribution in [1.82, 2.24) is 20.3 Å². The molecule has 8 heteroatoms. The molecule has 2 N–H and O–H groups in total. The van der Waals surface area contributed by atoms with Gasteiger partial charge in [-0.15, -0.1) is 5.10 Å². The Bertz CT molecular complexity index is 800. The van der Waals surface area contributed by atoms with Gasteiger partial charge in [-0.05, 0) is 24.5 Å². The van der Waals surface area contributed by atoms with E-state index in [2.05, 4.69) is 15.6 Å². The average Bonchev–Trinajstić information content (AvgIpc) is 2.53. The van der Waals surface area contributed by atoms with Crippen LogP contribution >= 0.6 is 0 Å². The molecule has 0 bridgehead atoms. The summed E-state index contributed by atoms with van der Waals surface area (Å²) in [6.45, 7) is 3.85. The predicted octanol–water partition coefficient (Wildman–Crippen LogP) is 0.970. The molecule has 1 aromatic heterocycles. The van der Waals surface area contributed by atoms with Gasteiger partial charge in [0.25, 0.3) is 5.56 Å².